The number of rotatable bonds is 1. The molecule has 0 saturated carbocycles. The van der Waals surface area contributed by atoms with Gasteiger partial charge in [0.15, 0.2) is 5.58 Å². The van der Waals surface area contributed by atoms with E-state index in [1.165, 1.54) is 18.2 Å². The zero-order valence-corrected chi connectivity index (χ0v) is 6.94. The third-order valence-electron chi connectivity index (χ3n) is 1.78. The molecule has 5 heteroatoms. The maximum Gasteiger partial charge on any atom is 0.402 e. The monoisotopic (exact) mass is 191 g/mol. The van der Waals surface area contributed by atoms with Gasteiger partial charge in [-0.3, -0.25) is 9.59 Å². The summed E-state index contributed by atoms with van der Waals surface area (Å²) in [5, 5.41) is 0. The van der Waals surface area contributed by atoms with Gasteiger partial charge in [0.05, 0.1) is 5.52 Å². The van der Waals surface area contributed by atoms with Crippen LogP contribution in [0.1, 0.15) is 10.4 Å². The number of carbonyl (C=O) groups is 1. The minimum absolute atomic E-state index is 0.250. The van der Waals surface area contributed by atoms with Gasteiger partial charge < -0.3 is 9.40 Å². The first kappa shape index (κ1) is 8.43. The predicted octanol–water partition coefficient (Wildman–Crippen LogP) is 0.294. The van der Waals surface area contributed by atoms with E-state index >= 15 is 0 Å². The molecule has 0 spiro atoms. The number of H-pyrrole nitrogens is 1. The minimum Gasteiger partial charge on any atom is -0.417 e. The van der Waals surface area contributed by atoms with Crippen LogP contribution in [-0.4, -0.2) is 11.3 Å². The van der Waals surface area contributed by atoms with Crippen molar-refractivity contribution in [1.82, 2.24) is 4.98 Å². The fourth-order valence-electron chi connectivity index (χ4n) is 1.13. The molecule has 0 saturated heterocycles. The third kappa shape index (κ3) is 1.24. The maximum absolute atomic E-state index is 10.9. The van der Waals surface area contributed by atoms with Gasteiger partial charge in [-0.1, -0.05) is 0 Å². The molecule has 1 aromatic carbocycles. The first-order valence-corrected chi connectivity index (χ1v) is 3.83. The molecule has 0 amide bonds. The fourth-order valence-corrected chi connectivity index (χ4v) is 1.13. The van der Waals surface area contributed by atoms with Crippen molar-refractivity contribution in [2.24, 2.45) is 0 Å². The molecule has 1 heterocycles. The molecule has 0 bridgehead atoms. The van der Waals surface area contributed by atoms with Crippen LogP contribution in [0.5, 0.6) is 0 Å². The van der Waals surface area contributed by atoms with Crippen LogP contribution in [0.2, 0.25) is 0 Å². The molecule has 5 nitrogen and oxygen atoms in total. The van der Waals surface area contributed by atoms with Crippen molar-refractivity contribution in [3.05, 3.63) is 44.5 Å². The van der Waals surface area contributed by atoms with Crippen molar-refractivity contribution in [2.45, 2.75) is 0 Å². The lowest BCUT2D eigenvalue weighted by atomic mass is 10.2. The van der Waals surface area contributed by atoms with E-state index in [1.54, 1.807) is 0 Å². The number of hydrogen-bond donors (Lipinski definition) is 1. The minimum atomic E-state index is -0.948. The highest BCUT2D eigenvalue weighted by molar-refractivity contribution is 5.83. The number of fused-ring (bicyclic) bond motifs is 1. The summed E-state index contributed by atoms with van der Waals surface area (Å²) in [7, 11) is 0. The van der Waals surface area contributed by atoms with Crippen molar-refractivity contribution in [3.8, 4) is 0 Å². The van der Waals surface area contributed by atoms with E-state index in [-0.39, 0.29) is 5.58 Å². The molecule has 0 aliphatic heterocycles. The van der Waals surface area contributed by atoms with Gasteiger partial charge in [-0.2, -0.15) is 0 Å². The van der Waals surface area contributed by atoms with Crippen molar-refractivity contribution in [2.75, 3.05) is 0 Å². The Balaban J connectivity index is 2.90. The van der Waals surface area contributed by atoms with Gasteiger partial charge in [0.2, 0.25) is 0 Å². The number of aromatic amines is 1. The van der Waals surface area contributed by atoms with Crippen LogP contribution in [0.4, 0.5) is 0 Å². The molecule has 0 radical (unpaired) electrons. The second-order valence-corrected chi connectivity index (χ2v) is 2.72. The molecule has 0 fully saturated rings. The molecule has 14 heavy (non-hydrogen) atoms. The summed E-state index contributed by atoms with van der Waals surface area (Å²) in [6.45, 7) is 0. The predicted molar refractivity (Wildman–Crippen MR) is 48.5 cm³/mol. The van der Waals surface area contributed by atoms with Crippen LogP contribution in [0.25, 0.3) is 11.1 Å². The average Bonchev–Trinajstić information content (AvgIpc) is 2.19. The molecular weight excluding hydrogens is 186 g/mol. The van der Waals surface area contributed by atoms with Gasteiger partial charge in [0.1, 0.15) is 6.29 Å². The number of aromatic nitrogens is 1. The van der Waals surface area contributed by atoms with Crippen molar-refractivity contribution in [3.63, 3.8) is 0 Å². The van der Waals surface area contributed by atoms with Gasteiger partial charge in [-0.05, 0) is 18.2 Å². The topological polar surface area (TPSA) is 80.1 Å². The van der Waals surface area contributed by atoms with E-state index in [2.05, 4.69) is 9.40 Å². The van der Waals surface area contributed by atoms with E-state index in [4.69, 9.17) is 0 Å². The van der Waals surface area contributed by atoms with Crippen molar-refractivity contribution < 1.29 is 9.21 Å². The smallest absolute Gasteiger partial charge is 0.402 e. The van der Waals surface area contributed by atoms with Gasteiger partial charge in [0.25, 0.3) is 0 Å². The molecule has 1 aromatic heterocycles. The number of hydrogen-bond acceptors (Lipinski definition) is 4. The highest BCUT2D eigenvalue weighted by atomic mass is 16.4. The largest absolute Gasteiger partial charge is 0.417 e. The van der Waals surface area contributed by atoms with Crippen LogP contribution in [-0.2, 0) is 0 Å². The molecule has 0 atom stereocenters. The summed E-state index contributed by atoms with van der Waals surface area (Å²) >= 11 is 0. The molecule has 2 rings (SSSR count). The number of carbonyl (C=O) groups excluding carboxylic acids is 1. The number of nitrogens with one attached hydrogen (secondary N) is 1. The molecule has 0 unspecified atom stereocenters. The summed E-state index contributed by atoms with van der Waals surface area (Å²) in [6.07, 6.45) is 0.642. The lowest BCUT2D eigenvalue weighted by molar-refractivity contribution is 0.112. The van der Waals surface area contributed by atoms with Crippen molar-refractivity contribution >= 4 is 17.4 Å². The first-order chi connectivity index (χ1) is 6.70. The first-order valence-electron chi connectivity index (χ1n) is 3.83. The molecule has 70 valence electrons. The Morgan fingerprint density at radius 3 is 2.79 bits per heavy atom. The van der Waals surface area contributed by atoms with Crippen LogP contribution in [0, 0.1) is 0 Å². The molecular formula is C9H5NO4. The highest BCUT2D eigenvalue weighted by Crippen LogP contribution is 2.08. The summed E-state index contributed by atoms with van der Waals surface area (Å²) < 4.78 is 4.68. The summed E-state index contributed by atoms with van der Waals surface area (Å²) in [6, 6.07) is 4.39. The summed E-state index contributed by atoms with van der Waals surface area (Å²) in [5.41, 5.74) is -0.793. The van der Waals surface area contributed by atoms with Crippen LogP contribution < -0.4 is 11.2 Å². The Hall–Kier alpha value is -2.17. The SMILES string of the molecule is O=Cc1ccc2oc(=O)c(=O)[nH]c2c1. The Morgan fingerprint density at radius 2 is 2.07 bits per heavy atom. The fraction of sp³-hybridized carbons (Fsp3) is 0. The van der Waals surface area contributed by atoms with Gasteiger partial charge >= 0.3 is 11.2 Å². The van der Waals surface area contributed by atoms with Crippen LogP contribution in [0.15, 0.2) is 32.2 Å². The normalized spacial score (nSPS) is 10.3. The average molecular weight is 191 g/mol. The van der Waals surface area contributed by atoms with Crippen LogP contribution >= 0.6 is 0 Å². The third-order valence-corrected chi connectivity index (χ3v) is 1.78. The molecule has 0 aliphatic rings. The van der Waals surface area contributed by atoms with E-state index in [1.807, 2.05) is 0 Å². The van der Waals surface area contributed by atoms with Gasteiger partial charge in [-0.15, -0.1) is 0 Å². The quantitative estimate of drug-likeness (QED) is 0.519. The van der Waals surface area contributed by atoms with E-state index in [0.717, 1.165) is 0 Å². The van der Waals surface area contributed by atoms with Gasteiger partial charge in [0, 0.05) is 5.56 Å². The van der Waals surface area contributed by atoms with E-state index in [9.17, 15) is 14.4 Å². The zero-order valence-electron chi connectivity index (χ0n) is 6.94. The Bertz CT molecular complexity index is 608. The standard InChI is InChI=1S/C9H5NO4/c11-4-5-1-2-7-6(3-5)10-8(12)9(13)14-7/h1-4H,(H,10,12). The Labute approximate surface area is 77.0 Å². The van der Waals surface area contributed by atoms with Crippen molar-refractivity contribution in [1.29, 1.82) is 0 Å². The van der Waals surface area contributed by atoms with Gasteiger partial charge in [-0.25, -0.2) is 4.79 Å². The highest BCUT2D eigenvalue weighted by Gasteiger charge is 2.01. The Kier molecular flexibility index (Phi) is 1.78. The van der Waals surface area contributed by atoms with E-state index in [0.29, 0.717) is 17.4 Å². The molecule has 2 aromatic rings. The molecule has 1 N–H and O–H groups in total. The lowest BCUT2D eigenvalue weighted by Crippen LogP contribution is -2.25. The summed E-state index contributed by atoms with van der Waals surface area (Å²) in [5.74, 6) is 0. The number of aldehydes is 1. The maximum atomic E-state index is 10.9. The second-order valence-electron chi connectivity index (χ2n) is 2.72. The summed E-state index contributed by atoms with van der Waals surface area (Å²) in [4.78, 5) is 34.4. The Morgan fingerprint density at radius 1 is 1.29 bits per heavy atom. The lowest BCUT2D eigenvalue weighted by Gasteiger charge is -1.95. The number of benzene rings is 1. The zero-order chi connectivity index (χ0) is 10.1. The van der Waals surface area contributed by atoms with Crippen LogP contribution in [0.3, 0.4) is 0 Å². The van der Waals surface area contributed by atoms with E-state index < -0.39 is 11.2 Å². The second kappa shape index (κ2) is 2.95. The molecule has 0 aliphatic carbocycles.